The third-order valence-corrected chi connectivity index (χ3v) is 4.83. The summed E-state index contributed by atoms with van der Waals surface area (Å²) in [6, 6.07) is 3.09. The van der Waals surface area contributed by atoms with Crippen LogP contribution in [0.15, 0.2) is 12.1 Å². The van der Waals surface area contributed by atoms with Gasteiger partial charge in [0.15, 0.2) is 0 Å². The van der Waals surface area contributed by atoms with Gasteiger partial charge < -0.3 is 4.55 Å². The maximum Gasteiger partial charge on any atom is 0.144 e. The Hall–Kier alpha value is -0.650. The van der Waals surface area contributed by atoms with Crippen LogP contribution in [0.5, 0.6) is 0 Å². The highest BCUT2D eigenvalue weighted by Gasteiger charge is 2.39. The Morgan fingerprint density at radius 3 is 2.53 bits per heavy atom. The molecule has 1 aromatic rings. The number of pyridine rings is 1. The molecule has 3 nitrogen and oxygen atoms in total. The van der Waals surface area contributed by atoms with Gasteiger partial charge in [0.2, 0.25) is 0 Å². The van der Waals surface area contributed by atoms with E-state index in [-0.39, 0.29) is 16.6 Å². The zero-order valence-electron chi connectivity index (χ0n) is 11.9. The first-order valence-corrected chi connectivity index (χ1v) is 7.75. The van der Waals surface area contributed by atoms with Gasteiger partial charge in [-0.25, -0.2) is 4.39 Å². The van der Waals surface area contributed by atoms with Gasteiger partial charge in [-0.3, -0.25) is 4.98 Å². The zero-order chi connectivity index (χ0) is 14.2. The van der Waals surface area contributed by atoms with Crippen molar-refractivity contribution in [1.82, 2.24) is 9.71 Å². The van der Waals surface area contributed by atoms with E-state index in [1.165, 1.54) is 6.07 Å². The number of aromatic nitrogens is 1. The van der Waals surface area contributed by atoms with Gasteiger partial charge in [-0.15, -0.1) is 4.72 Å². The van der Waals surface area contributed by atoms with Crippen molar-refractivity contribution in [2.75, 3.05) is 0 Å². The van der Waals surface area contributed by atoms with E-state index in [4.69, 9.17) is 0 Å². The van der Waals surface area contributed by atoms with Crippen LogP contribution in [-0.2, 0) is 11.4 Å². The van der Waals surface area contributed by atoms with E-state index >= 15 is 0 Å². The second-order valence-electron chi connectivity index (χ2n) is 6.12. The maximum absolute atomic E-state index is 13.3. The van der Waals surface area contributed by atoms with Gasteiger partial charge in [0.25, 0.3) is 0 Å². The Labute approximate surface area is 117 Å². The molecule has 0 aliphatic heterocycles. The molecule has 1 N–H and O–H groups in total. The van der Waals surface area contributed by atoms with E-state index in [1.54, 1.807) is 13.0 Å². The third kappa shape index (κ3) is 3.68. The van der Waals surface area contributed by atoms with Crippen molar-refractivity contribution in [3.8, 4) is 0 Å². The van der Waals surface area contributed by atoms with E-state index in [0.29, 0.717) is 11.6 Å². The molecule has 0 amide bonds. The van der Waals surface area contributed by atoms with Crippen molar-refractivity contribution >= 4 is 11.4 Å². The third-order valence-electron chi connectivity index (χ3n) is 3.25. The van der Waals surface area contributed by atoms with E-state index in [2.05, 4.69) is 9.71 Å². The minimum atomic E-state index is -1.14. The minimum Gasteiger partial charge on any atom is -0.598 e. The maximum atomic E-state index is 13.3. The number of rotatable bonds is 4. The number of nitrogens with zero attached hydrogens (tertiary/aromatic N) is 1. The van der Waals surface area contributed by atoms with Gasteiger partial charge >= 0.3 is 0 Å². The first-order valence-electron chi connectivity index (χ1n) is 6.60. The van der Waals surface area contributed by atoms with E-state index < -0.39 is 11.4 Å². The summed E-state index contributed by atoms with van der Waals surface area (Å²) in [4.78, 5) is 4.30. The van der Waals surface area contributed by atoms with E-state index in [9.17, 15) is 8.94 Å². The second-order valence-corrected chi connectivity index (χ2v) is 8.12. The summed E-state index contributed by atoms with van der Waals surface area (Å²) in [5.74, 6) is 0.166. The van der Waals surface area contributed by atoms with Gasteiger partial charge in [-0.1, -0.05) is 0 Å². The molecule has 2 rings (SSSR count). The van der Waals surface area contributed by atoms with Crippen molar-refractivity contribution in [1.29, 1.82) is 0 Å². The smallest absolute Gasteiger partial charge is 0.144 e. The Morgan fingerprint density at radius 1 is 1.42 bits per heavy atom. The summed E-state index contributed by atoms with van der Waals surface area (Å²) in [5, 5.41) is 0. The molecule has 1 aromatic heterocycles. The number of hydrogen-bond acceptors (Lipinski definition) is 3. The Morgan fingerprint density at radius 2 is 2.05 bits per heavy atom. The van der Waals surface area contributed by atoms with Crippen LogP contribution >= 0.6 is 0 Å². The zero-order valence-corrected chi connectivity index (χ0v) is 12.7. The summed E-state index contributed by atoms with van der Waals surface area (Å²) < 4.78 is 28.4. The van der Waals surface area contributed by atoms with Crippen LogP contribution in [0.25, 0.3) is 0 Å². The van der Waals surface area contributed by atoms with Crippen LogP contribution in [0, 0.1) is 18.7 Å². The second kappa shape index (κ2) is 5.38. The van der Waals surface area contributed by atoms with Crippen LogP contribution in [0.2, 0.25) is 0 Å². The van der Waals surface area contributed by atoms with E-state index in [1.807, 2.05) is 20.8 Å². The lowest BCUT2D eigenvalue weighted by molar-refractivity contribution is 0.495. The van der Waals surface area contributed by atoms with Gasteiger partial charge in [0.1, 0.15) is 10.6 Å². The number of aryl methyl sites for hydroxylation is 1. The highest BCUT2D eigenvalue weighted by atomic mass is 32.2. The van der Waals surface area contributed by atoms with Crippen molar-refractivity contribution < 1.29 is 8.94 Å². The molecule has 0 bridgehead atoms. The SMILES string of the molecule is Cc1nc([C@H](N[S+]([O-])C(C)(C)C)C2CC2)ccc1F. The molecule has 1 aliphatic carbocycles. The highest BCUT2D eigenvalue weighted by Crippen LogP contribution is 2.41. The summed E-state index contributed by atoms with van der Waals surface area (Å²) in [6.45, 7) is 7.46. The molecule has 0 saturated heterocycles. The normalized spacial score (nSPS) is 19.3. The van der Waals surface area contributed by atoms with Crippen LogP contribution in [0.4, 0.5) is 4.39 Å². The lowest BCUT2D eigenvalue weighted by atomic mass is 10.1. The standard InChI is InChI=1S/C14H21FN2OS/c1-9-11(15)7-8-12(16-9)13(10-5-6-10)17-19(18)14(2,3)4/h7-8,10,13,17H,5-6H2,1-4H3/t13-,19?/m1/s1. The quantitative estimate of drug-likeness (QED) is 0.865. The molecule has 1 fully saturated rings. The average Bonchev–Trinajstić information content (AvgIpc) is 3.12. The Bertz CT molecular complexity index is 457. The molecule has 2 atom stereocenters. The topological polar surface area (TPSA) is 48.0 Å². The molecule has 106 valence electrons. The molecule has 19 heavy (non-hydrogen) atoms. The lowest BCUT2D eigenvalue weighted by Gasteiger charge is -2.27. The van der Waals surface area contributed by atoms with E-state index in [0.717, 1.165) is 18.5 Å². The predicted molar refractivity (Wildman–Crippen MR) is 75.4 cm³/mol. The first-order chi connectivity index (χ1) is 8.79. The van der Waals surface area contributed by atoms with Gasteiger partial charge in [-0.05, 0) is 58.6 Å². The van der Waals surface area contributed by atoms with Crippen LogP contribution in [0.3, 0.4) is 0 Å². The Balaban J connectivity index is 2.18. The number of halogens is 1. The van der Waals surface area contributed by atoms with Crippen LogP contribution in [0.1, 0.15) is 51.0 Å². The molecule has 1 heterocycles. The van der Waals surface area contributed by atoms with Gasteiger partial charge in [0, 0.05) is 11.4 Å². The minimum absolute atomic E-state index is 0.0423. The van der Waals surface area contributed by atoms with Crippen molar-refractivity contribution in [2.45, 2.75) is 51.3 Å². The highest BCUT2D eigenvalue weighted by molar-refractivity contribution is 7.90. The predicted octanol–water partition coefficient (Wildman–Crippen LogP) is 3.03. The molecule has 1 saturated carbocycles. The van der Waals surface area contributed by atoms with Gasteiger partial charge in [0.05, 0.1) is 17.4 Å². The average molecular weight is 284 g/mol. The molecular weight excluding hydrogens is 263 g/mol. The molecular formula is C14H21FN2OS. The Kier molecular flexibility index (Phi) is 4.18. The first kappa shape index (κ1) is 14.8. The molecule has 0 aromatic carbocycles. The van der Waals surface area contributed by atoms with Crippen LogP contribution < -0.4 is 4.72 Å². The van der Waals surface area contributed by atoms with Crippen molar-refractivity contribution in [2.24, 2.45) is 5.92 Å². The van der Waals surface area contributed by atoms with Crippen LogP contribution in [-0.4, -0.2) is 14.3 Å². The fourth-order valence-electron chi connectivity index (χ4n) is 1.86. The van der Waals surface area contributed by atoms with Gasteiger partial charge in [-0.2, -0.15) is 0 Å². The molecule has 1 unspecified atom stereocenters. The summed E-state index contributed by atoms with van der Waals surface area (Å²) in [7, 11) is 0. The molecule has 0 radical (unpaired) electrons. The van der Waals surface area contributed by atoms with Crippen molar-refractivity contribution in [3.63, 3.8) is 0 Å². The summed E-state index contributed by atoms with van der Waals surface area (Å²) in [5.41, 5.74) is 1.19. The monoisotopic (exact) mass is 284 g/mol. The summed E-state index contributed by atoms with van der Waals surface area (Å²) >= 11 is -1.14. The molecule has 5 heteroatoms. The molecule has 1 aliphatic rings. The van der Waals surface area contributed by atoms with Crippen molar-refractivity contribution in [3.05, 3.63) is 29.3 Å². The largest absolute Gasteiger partial charge is 0.598 e. The fraction of sp³-hybridized carbons (Fsp3) is 0.643. The lowest BCUT2D eigenvalue weighted by Crippen LogP contribution is -2.42. The number of nitrogens with one attached hydrogen (secondary N) is 1. The number of hydrogen-bond donors (Lipinski definition) is 1. The fourth-order valence-corrected chi connectivity index (χ4v) is 2.75. The summed E-state index contributed by atoms with van der Waals surface area (Å²) in [6.07, 6.45) is 2.22. The molecule has 0 spiro atoms.